The van der Waals surface area contributed by atoms with Crippen molar-refractivity contribution in [3.63, 3.8) is 0 Å². The van der Waals surface area contributed by atoms with E-state index < -0.39 is 6.17 Å². The van der Waals surface area contributed by atoms with Gasteiger partial charge in [-0.25, -0.2) is 14.4 Å². The molecule has 1 aliphatic rings. The molecule has 23 heavy (non-hydrogen) atoms. The Morgan fingerprint density at radius 1 is 1.30 bits per heavy atom. The number of pyridine rings is 1. The molecule has 120 valence electrons. The van der Waals surface area contributed by atoms with Crippen LogP contribution in [-0.2, 0) is 0 Å². The molecule has 3 rings (SSSR count). The summed E-state index contributed by atoms with van der Waals surface area (Å²) in [5, 5.41) is 0. The summed E-state index contributed by atoms with van der Waals surface area (Å²) in [6, 6.07) is 5.01. The molecule has 0 saturated carbocycles. The third-order valence-electron chi connectivity index (χ3n) is 3.98. The molecular weight excluding hydrogens is 297 g/mol. The predicted octanol–water partition coefficient (Wildman–Crippen LogP) is 1.56. The number of hydrogen-bond donors (Lipinski definition) is 0. The highest BCUT2D eigenvalue weighted by atomic mass is 19.1. The number of alkyl halides is 1. The van der Waals surface area contributed by atoms with Gasteiger partial charge in [0.05, 0.1) is 12.6 Å². The van der Waals surface area contributed by atoms with E-state index in [9.17, 15) is 9.18 Å². The Labute approximate surface area is 134 Å². The molecule has 2 atom stereocenters. The molecule has 3 heterocycles. The molecule has 0 spiro atoms. The van der Waals surface area contributed by atoms with Crippen LogP contribution in [-0.4, -0.2) is 58.1 Å². The van der Waals surface area contributed by atoms with Gasteiger partial charge in [0.25, 0.3) is 5.91 Å². The molecule has 1 fully saturated rings. The van der Waals surface area contributed by atoms with E-state index in [2.05, 4.69) is 15.0 Å². The molecule has 6 nitrogen and oxygen atoms in total. The van der Waals surface area contributed by atoms with E-state index in [-0.39, 0.29) is 11.9 Å². The monoisotopic (exact) mass is 315 g/mol. The van der Waals surface area contributed by atoms with Crippen molar-refractivity contribution in [2.75, 3.05) is 25.0 Å². The van der Waals surface area contributed by atoms with Gasteiger partial charge in [0.2, 0.25) is 0 Å². The van der Waals surface area contributed by atoms with Crippen LogP contribution < -0.4 is 4.90 Å². The number of amides is 1. The van der Waals surface area contributed by atoms with Gasteiger partial charge in [0, 0.05) is 44.2 Å². The van der Waals surface area contributed by atoms with Crippen LogP contribution in [0.2, 0.25) is 0 Å². The number of likely N-dealkylation sites (N-methyl/N-ethyl adjacent to an activating group) is 1. The standard InChI is InChI=1S/C16H18FN5O/c1-21(16(23)12-2-5-18-6-3-12)10-14-8-13(17)9-22(14)15-4-7-19-11-20-15/h2-7,11,13-14H,8-10H2,1H3/t13-,14-/m0/s1. The number of carbonyl (C=O) groups is 1. The van der Waals surface area contributed by atoms with Gasteiger partial charge in [-0.15, -0.1) is 0 Å². The van der Waals surface area contributed by atoms with Crippen LogP contribution >= 0.6 is 0 Å². The zero-order valence-electron chi connectivity index (χ0n) is 12.8. The van der Waals surface area contributed by atoms with Crippen molar-refractivity contribution in [3.05, 3.63) is 48.7 Å². The number of carbonyl (C=O) groups excluding carboxylic acids is 1. The van der Waals surface area contributed by atoms with Crippen molar-refractivity contribution >= 4 is 11.7 Å². The first kappa shape index (κ1) is 15.3. The highest BCUT2D eigenvalue weighted by molar-refractivity contribution is 5.93. The Bertz CT molecular complexity index is 654. The second-order valence-electron chi connectivity index (χ2n) is 5.63. The van der Waals surface area contributed by atoms with Crippen LogP contribution in [0.5, 0.6) is 0 Å². The molecule has 0 unspecified atom stereocenters. The van der Waals surface area contributed by atoms with E-state index in [0.29, 0.717) is 30.9 Å². The van der Waals surface area contributed by atoms with Crippen LogP contribution in [0.4, 0.5) is 10.2 Å². The highest BCUT2D eigenvalue weighted by Crippen LogP contribution is 2.26. The molecule has 0 aromatic carbocycles. The van der Waals surface area contributed by atoms with Crippen molar-refractivity contribution in [3.8, 4) is 0 Å². The fourth-order valence-electron chi connectivity index (χ4n) is 2.88. The zero-order chi connectivity index (χ0) is 16.2. The summed E-state index contributed by atoms with van der Waals surface area (Å²) in [5.74, 6) is 0.590. The maximum absolute atomic E-state index is 13.9. The normalized spacial score (nSPS) is 20.5. The van der Waals surface area contributed by atoms with Gasteiger partial charge in [0.1, 0.15) is 18.3 Å². The molecule has 7 heteroatoms. The van der Waals surface area contributed by atoms with Gasteiger partial charge in [-0.1, -0.05) is 0 Å². The average Bonchev–Trinajstić information content (AvgIpc) is 2.96. The van der Waals surface area contributed by atoms with Gasteiger partial charge >= 0.3 is 0 Å². The summed E-state index contributed by atoms with van der Waals surface area (Å²) in [6.07, 6.45) is 5.72. The second kappa shape index (κ2) is 6.68. The summed E-state index contributed by atoms with van der Waals surface area (Å²) in [7, 11) is 1.73. The van der Waals surface area contributed by atoms with Gasteiger partial charge in [-0.05, 0) is 18.2 Å². The quantitative estimate of drug-likeness (QED) is 0.857. The lowest BCUT2D eigenvalue weighted by Gasteiger charge is -2.29. The largest absolute Gasteiger partial charge is 0.349 e. The van der Waals surface area contributed by atoms with E-state index in [1.165, 1.54) is 6.33 Å². The van der Waals surface area contributed by atoms with E-state index in [1.54, 1.807) is 48.7 Å². The first-order valence-electron chi connectivity index (χ1n) is 7.47. The summed E-state index contributed by atoms with van der Waals surface area (Å²) < 4.78 is 13.9. The Hall–Kier alpha value is -2.57. The number of rotatable bonds is 4. The molecule has 2 aromatic heterocycles. The summed E-state index contributed by atoms with van der Waals surface area (Å²) in [5.41, 5.74) is 0.575. The van der Waals surface area contributed by atoms with Crippen LogP contribution in [0, 0.1) is 0 Å². The Morgan fingerprint density at radius 2 is 2.04 bits per heavy atom. The molecule has 0 radical (unpaired) electrons. The molecule has 1 amide bonds. The summed E-state index contributed by atoms with van der Waals surface area (Å²) in [4.78, 5) is 27.9. The molecule has 0 N–H and O–H groups in total. The van der Waals surface area contributed by atoms with Crippen molar-refractivity contribution in [1.29, 1.82) is 0 Å². The molecule has 1 aliphatic heterocycles. The lowest BCUT2D eigenvalue weighted by molar-refractivity contribution is 0.0786. The van der Waals surface area contributed by atoms with Crippen LogP contribution in [0.15, 0.2) is 43.1 Å². The van der Waals surface area contributed by atoms with Gasteiger partial charge in [-0.2, -0.15) is 0 Å². The van der Waals surface area contributed by atoms with Crippen molar-refractivity contribution in [2.24, 2.45) is 0 Å². The van der Waals surface area contributed by atoms with Crippen LogP contribution in [0.3, 0.4) is 0 Å². The number of aromatic nitrogens is 3. The first-order chi connectivity index (χ1) is 11.1. The van der Waals surface area contributed by atoms with Crippen LogP contribution in [0.25, 0.3) is 0 Å². The molecule has 0 bridgehead atoms. The van der Waals surface area contributed by atoms with Gasteiger partial charge < -0.3 is 9.80 Å². The fraction of sp³-hybridized carbons (Fsp3) is 0.375. The van der Waals surface area contributed by atoms with Crippen molar-refractivity contribution in [1.82, 2.24) is 19.9 Å². The third-order valence-corrected chi connectivity index (χ3v) is 3.98. The maximum atomic E-state index is 13.9. The Morgan fingerprint density at radius 3 is 2.74 bits per heavy atom. The minimum atomic E-state index is -0.917. The highest BCUT2D eigenvalue weighted by Gasteiger charge is 2.34. The summed E-state index contributed by atoms with van der Waals surface area (Å²) in [6.45, 7) is 0.727. The minimum absolute atomic E-state index is 0.0997. The number of halogens is 1. The number of anilines is 1. The fourth-order valence-corrected chi connectivity index (χ4v) is 2.88. The molecular formula is C16H18FN5O. The molecule has 1 saturated heterocycles. The second-order valence-corrected chi connectivity index (χ2v) is 5.63. The maximum Gasteiger partial charge on any atom is 0.253 e. The minimum Gasteiger partial charge on any atom is -0.349 e. The zero-order valence-corrected chi connectivity index (χ0v) is 12.8. The van der Waals surface area contributed by atoms with Gasteiger partial charge in [0.15, 0.2) is 0 Å². The van der Waals surface area contributed by atoms with E-state index >= 15 is 0 Å². The lowest BCUT2D eigenvalue weighted by atomic mass is 10.1. The Kier molecular flexibility index (Phi) is 4.45. The van der Waals surface area contributed by atoms with Crippen LogP contribution in [0.1, 0.15) is 16.8 Å². The molecule has 0 aliphatic carbocycles. The predicted molar refractivity (Wildman–Crippen MR) is 83.9 cm³/mol. The molecule has 2 aromatic rings. The first-order valence-corrected chi connectivity index (χ1v) is 7.47. The topological polar surface area (TPSA) is 62.2 Å². The number of nitrogens with zero attached hydrogens (tertiary/aromatic N) is 5. The third kappa shape index (κ3) is 3.44. The van der Waals surface area contributed by atoms with Crippen molar-refractivity contribution in [2.45, 2.75) is 18.6 Å². The average molecular weight is 315 g/mol. The number of hydrogen-bond acceptors (Lipinski definition) is 5. The van der Waals surface area contributed by atoms with Crippen molar-refractivity contribution < 1.29 is 9.18 Å². The Balaban J connectivity index is 1.71. The smallest absolute Gasteiger partial charge is 0.253 e. The lowest BCUT2D eigenvalue weighted by Crippen LogP contribution is -2.41. The van der Waals surface area contributed by atoms with E-state index in [1.807, 2.05) is 4.90 Å². The van der Waals surface area contributed by atoms with E-state index in [4.69, 9.17) is 0 Å². The van der Waals surface area contributed by atoms with Gasteiger partial charge in [-0.3, -0.25) is 9.78 Å². The summed E-state index contributed by atoms with van der Waals surface area (Å²) >= 11 is 0. The van der Waals surface area contributed by atoms with E-state index in [0.717, 1.165) is 0 Å². The SMILES string of the molecule is CN(C[C@@H]1C[C@H](F)CN1c1ccncn1)C(=O)c1ccncc1.